The zero-order valence-corrected chi connectivity index (χ0v) is 15.2. The molecule has 29 heavy (non-hydrogen) atoms. The zero-order chi connectivity index (χ0) is 20.8. The lowest BCUT2D eigenvalue weighted by molar-refractivity contribution is -0.129. The predicted molar refractivity (Wildman–Crippen MR) is 98.3 cm³/mol. The van der Waals surface area contributed by atoms with Gasteiger partial charge in [0.15, 0.2) is 11.5 Å². The number of carbonyl (C=O) groups is 1. The molecule has 1 aromatic carbocycles. The maximum atomic E-state index is 15.0. The normalized spacial score (nSPS) is 19.0. The van der Waals surface area contributed by atoms with Crippen LogP contribution < -0.4 is 5.73 Å². The zero-order valence-electron chi connectivity index (χ0n) is 15.2. The minimum atomic E-state index is -1.94. The van der Waals surface area contributed by atoms with Crippen LogP contribution in [0.2, 0.25) is 0 Å². The number of likely N-dealkylation sites (N-methyl/N-ethyl adjacent to an activating group) is 1. The van der Waals surface area contributed by atoms with Crippen molar-refractivity contribution in [3.05, 3.63) is 77.5 Å². The summed E-state index contributed by atoms with van der Waals surface area (Å²) in [6.07, 6.45) is 3.93. The van der Waals surface area contributed by atoms with E-state index in [-0.39, 0.29) is 28.3 Å². The van der Waals surface area contributed by atoms with Crippen LogP contribution in [0.25, 0.3) is 11.1 Å². The summed E-state index contributed by atoms with van der Waals surface area (Å²) in [4.78, 5) is 22.4. The van der Waals surface area contributed by atoms with Gasteiger partial charge in [0.1, 0.15) is 18.3 Å². The molecule has 148 valence electrons. The van der Waals surface area contributed by atoms with E-state index in [0.717, 1.165) is 4.90 Å². The molecule has 4 rings (SSSR count). The van der Waals surface area contributed by atoms with Crippen LogP contribution in [0.15, 0.2) is 58.5 Å². The summed E-state index contributed by atoms with van der Waals surface area (Å²) in [5.74, 6) is -2.64. The number of guanidine groups is 1. The van der Waals surface area contributed by atoms with Gasteiger partial charge in [-0.2, -0.15) is 0 Å². The predicted octanol–water partition coefficient (Wildman–Crippen LogP) is 3.12. The van der Waals surface area contributed by atoms with Gasteiger partial charge in [0.25, 0.3) is 5.91 Å². The lowest BCUT2D eigenvalue weighted by Gasteiger charge is -2.27. The van der Waals surface area contributed by atoms with Crippen LogP contribution in [-0.2, 0) is 17.0 Å². The van der Waals surface area contributed by atoms with Gasteiger partial charge in [0.05, 0.1) is 18.2 Å². The quantitative estimate of drug-likeness (QED) is 0.729. The van der Waals surface area contributed by atoms with Crippen molar-refractivity contribution in [3.63, 3.8) is 0 Å². The average Bonchev–Trinajstić information content (AvgIpc) is 3.32. The van der Waals surface area contributed by atoms with Crippen molar-refractivity contribution < 1.29 is 22.4 Å². The molecule has 0 bridgehead atoms. The van der Waals surface area contributed by atoms with Crippen LogP contribution in [0.4, 0.5) is 13.2 Å². The summed E-state index contributed by atoms with van der Waals surface area (Å²) >= 11 is 0. The van der Waals surface area contributed by atoms with E-state index in [1.807, 2.05) is 0 Å². The van der Waals surface area contributed by atoms with Crippen LogP contribution >= 0.6 is 0 Å². The fourth-order valence-corrected chi connectivity index (χ4v) is 3.40. The van der Waals surface area contributed by atoms with Gasteiger partial charge < -0.3 is 10.2 Å². The molecule has 3 heterocycles. The molecule has 1 unspecified atom stereocenters. The van der Waals surface area contributed by atoms with Crippen LogP contribution in [0.1, 0.15) is 16.8 Å². The highest BCUT2D eigenvalue weighted by molar-refractivity contribution is 6.09. The molecular formula is C20H15F3N4O2. The first kappa shape index (κ1) is 18.7. The Bertz CT molecular complexity index is 1130. The van der Waals surface area contributed by atoms with E-state index in [4.69, 9.17) is 10.2 Å². The first-order chi connectivity index (χ1) is 13.9. The molecule has 0 saturated heterocycles. The molecule has 3 aromatic rings. The van der Waals surface area contributed by atoms with E-state index in [1.54, 1.807) is 0 Å². The Morgan fingerprint density at radius 1 is 1.21 bits per heavy atom. The van der Waals surface area contributed by atoms with Gasteiger partial charge in [-0.1, -0.05) is 0 Å². The Morgan fingerprint density at radius 3 is 2.62 bits per heavy atom. The fraction of sp³-hybridized carbons (Fsp3) is 0.150. The summed E-state index contributed by atoms with van der Waals surface area (Å²) in [6.45, 7) is -0.890. The van der Waals surface area contributed by atoms with Crippen molar-refractivity contribution >= 4 is 11.9 Å². The Morgan fingerprint density at radius 2 is 2.00 bits per heavy atom. The standard InChI is InChI=1S/C20H15F3N4O2/c1-27-18(28)20(26-19(27)24,12-2-4-25-13(6-12)9-21)15-7-14(11-3-5-29-10-11)16(22)8-17(15)23/h2-8,10H,9H2,1H3,(H2,24,26). The summed E-state index contributed by atoms with van der Waals surface area (Å²) in [5, 5.41) is 0. The lowest BCUT2D eigenvalue weighted by atomic mass is 9.81. The first-order valence-electron chi connectivity index (χ1n) is 8.55. The topological polar surface area (TPSA) is 84.7 Å². The highest BCUT2D eigenvalue weighted by Gasteiger charge is 2.51. The van der Waals surface area contributed by atoms with Crippen molar-refractivity contribution in [2.75, 3.05) is 7.05 Å². The third-order valence-electron chi connectivity index (χ3n) is 4.89. The van der Waals surface area contributed by atoms with Gasteiger partial charge in [-0.15, -0.1) is 0 Å². The van der Waals surface area contributed by atoms with Gasteiger partial charge in [-0.25, -0.2) is 18.2 Å². The third-order valence-corrected chi connectivity index (χ3v) is 4.89. The molecule has 1 aliphatic rings. The van der Waals surface area contributed by atoms with Crippen LogP contribution in [0, 0.1) is 11.6 Å². The molecule has 2 N–H and O–H groups in total. The summed E-state index contributed by atoms with van der Waals surface area (Å²) < 4.78 is 47.7. The second-order valence-corrected chi connectivity index (χ2v) is 6.54. The molecule has 1 atom stereocenters. The number of rotatable bonds is 4. The molecule has 1 amide bonds. The van der Waals surface area contributed by atoms with E-state index >= 15 is 4.39 Å². The SMILES string of the molecule is CN1C(=O)C(c2ccnc(CF)c2)(c2cc(-c3ccoc3)c(F)cc2F)N=C1N. The summed E-state index contributed by atoms with van der Waals surface area (Å²) in [5.41, 5.74) is 4.27. The summed E-state index contributed by atoms with van der Waals surface area (Å²) in [6, 6.07) is 6.11. The third kappa shape index (κ3) is 2.77. The van der Waals surface area contributed by atoms with Crippen molar-refractivity contribution in [2.24, 2.45) is 10.7 Å². The number of hydrogen-bond acceptors (Lipinski definition) is 5. The smallest absolute Gasteiger partial charge is 0.266 e. The molecule has 9 heteroatoms. The molecule has 0 aliphatic carbocycles. The van der Waals surface area contributed by atoms with Crippen molar-refractivity contribution in [2.45, 2.75) is 12.2 Å². The number of carbonyl (C=O) groups excluding carboxylic acids is 1. The molecule has 2 aromatic heterocycles. The molecule has 0 radical (unpaired) electrons. The monoisotopic (exact) mass is 400 g/mol. The molecule has 0 fully saturated rings. The van der Waals surface area contributed by atoms with Crippen molar-refractivity contribution in [1.29, 1.82) is 0 Å². The van der Waals surface area contributed by atoms with Crippen LogP contribution in [-0.4, -0.2) is 28.8 Å². The van der Waals surface area contributed by atoms with E-state index in [9.17, 15) is 13.6 Å². The Hall–Kier alpha value is -3.62. The maximum Gasteiger partial charge on any atom is 0.266 e. The van der Waals surface area contributed by atoms with E-state index < -0.39 is 29.8 Å². The Labute approximate surface area is 163 Å². The number of nitrogens with two attached hydrogens (primary N) is 1. The number of benzene rings is 1. The Balaban J connectivity index is 2.04. The highest BCUT2D eigenvalue weighted by atomic mass is 19.1. The van der Waals surface area contributed by atoms with Gasteiger partial charge >= 0.3 is 0 Å². The van der Waals surface area contributed by atoms with Gasteiger partial charge in [-0.05, 0) is 29.8 Å². The van der Waals surface area contributed by atoms with E-state index in [1.165, 1.54) is 50.0 Å². The number of alkyl halides is 1. The number of aromatic nitrogens is 1. The summed E-state index contributed by atoms with van der Waals surface area (Å²) in [7, 11) is 1.39. The number of pyridine rings is 1. The van der Waals surface area contributed by atoms with Crippen LogP contribution in [0.3, 0.4) is 0 Å². The van der Waals surface area contributed by atoms with Gasteiger partial charge in [-0.3, -0.25) is 14.7 Å². The lowest BCUT2D eigenvalue weighted by Crippen LogP contribution is -2.41. The largest absolute Gasteiger partial charge is 0.472 e. The number of amides is 1. The van der Waals surface area contributed by atoms with E-state index in [0.29, 0.717) is 11.6 Å². The molecule has 0 saturated carbocycles. The second kappa shape index (κ2) is 6.77. The Kier molecular flexibility index (Phi) is 4.37. The number of hydrogen-bond donors (Lipinski definition) is 1. The number of furan rings is 1. The van der Waals surface area contributed by atoms with Crippen molar-refractivity contribution in [1.82, 2.24) is 9.88 Å². The maximum absolute atomic E-state index is 15.0. The van der Waals surface area contributed by atoms with Crippen molar-refractivity contribution in [3.8, 4) is 11.1 Å². The average molecular weight is 400 g/mol. The number of nitrogens with zero attached hydrogens (tertiary/aromatic N) is 3. The van der Waals surface area contributed by atoms with Gasteiger partial charge in [0.2, 0.25) is 0 Å². The highest BCUT2D eigenvalue weighted by Crippen LogP contribution is 2.42. The van der Waals surface area contributed by atoms with Crippen LogP contribution in [0.5, 0.6) is 0 Å². The van der Waals surface area contributed by atoms with E-state index in [2.05, 4.69) is 9.98 Å². The molecule has 6 nitrogen and oxygen atoms in total. The first-order valence-corrected chi connectivity index (χ1v) is 8.55. The molecule has 1 aliphatic heterocycles. The minimum absolute atomic E-state index is 0.0189. The van der Waals surface area contributed by atoms with Gasteiger partial charge in [0, 0.05) is 36.0 Å². The molecule has 0 spiro atoms. The fourth-order valence-electron chi connectivity index (χ4n) is 3.40. The number of halogens is 3. The second-order valence-electron chi connectivity index (χ2n) is 6.54. The minimum Gasteiger partial charge on any atom is -0.472 e. The number of aliphatic imine (C=N–C) groups is 1. The molecular weight excluding hydrogens is 385 g/mol.